The summed E-state index contributed by atoms with van der Waals surface area (Å²) in [5.41, 5.74) is 0. The van der Waals surface area contributed by atoms with Gasteiger partial charge in [0.2, 0.25) is 0 Å². The summed E-state index contributed by atoms with van der Waals surface area (Å²) in [5, 5.41) is 0. The predicted molar refractivity (Wildman–Crippen MR) is 358 cm³/mol. The number of hydrogen-bond donors (Lipinski definition) is 0. The fourth-order valence-corrected chi connectivity index (χ4v) is 10.3. The predicted octanol–water partition coefficient (Wildman–Crippen LogP) is 24.6. The normalized spacial score (nSPS) is 12.6. The molecular weight excluding hydrogens is 1010 g/mol. The van der Waals surface area contributed by atoms with E-state index in [4.69, 9.17) is 14.2 Å². The topological polar surface area (TPSA) is 78.9 Å². The zero-order chi connectivity index (χ0) is 59.2. The van der Waals surface area contributed by atoms with Crippen LogP contribution in [0.4, 0.5) is 0 Å². The molecule has 0 aliphatic heterocycles. The third-order valence-electron chi connectivity index (χ3n) is 15.6. The first-order valence-corrected chi connectivity index (χ1v) is 35.6. The van der Waals surface area contributed by atoms with Crippen molar-refractivity contribution < 1.29 is 28.6 Å². The van der Waals surface area contributed by atoms with Crippen LogP contribution in [-0.4, -0.2) is 37.2 Å². The van der Waals surface area contributed by atoms with Gasteiger partial charge in [-0.05, 0) is 96.3 Å². The van der Waals surface area contributed by atoms with Crippen LogP contribution in [0.5, 0.6) is 0 Å². The number of ether oxygens (including phenoxy) is 3. The molecule has 0 saturated heterocycles. The highest BCUT2D eigenvalue weighted by Crippen LogP contribution is 2.18. The van der Waals surface area contributed by atoms with Crippen molar-refractivity contribution in [1.82, 2.24) is 0 Å². The third kappa shape index (κ3) is 67.4. The van der Waals surface area contributed by atoms with E-state index < -0.39 is 6.10 Å². The van der Waals surface area contributed by atoms with Crippen LogP contribution < -0.4 is 0 Å². The first-order valence-electron chi connectivity index (χ1n) is 35.6. The lowest BCUT2D eigenvalue weighted by Gasteiger charge is -2.18. The second kappa shape index (κ2) is 70.1. The highest BCUT2D eigenvalue weighted by atomic mass is 16.6. The summed E-state index contributed by atoms with van der Waals surface area (Å²) in [4.78, 5) is 38.4. The zero-order valence-electron chi connectivity index (χ0n) is 54.5. The molecular formula is C76H134O6. The number of allylic oxidation sites excluding steroid dienone is 14. The molecule has 0 aromatic rings. The maximum atomic E-state index is 12.9. The molecule has 0 radical (unpaired) electrons. The molecule has 0 saturated carbocycles. The van der Waals surface area contributed by atoms with Gasteiger partial charge in [0.25, 0.3) is 0 Å². The lowest BCUT2D eigenvalue weighted by atomic mass is 10.0. The Balaban J connectivity index is 4.14. The number of esters is 3. The fourth-order valence-electron chi connectivity index (χ4n) is 10.3. The number of hydrogen-bond acceptors (Lipinski definition) is 6. The van der Waals surface area contributed by atoms with Crippen molar-refractivity contribution in [3.05, 3.63) is 85.1 Å². The van der Waals surface area contributed by atoms with Gasteiger partial charge in [-0.1, -0.05) is 331 Å². The maximum Gasteiger partial charge on any atom is 0.306 e. The molecule has 0 N–H and O–H groups in total. The third-order valence-corrected chi connectivity index (χ3v) is 15.6. The van der Waals surface area contributed by atoms with Crippen LogP contribution in [0.25, 0.3) is 0 Å². The van der Waals surface area contributed by atoms with Gasteiger partial charge in [-0.2, -0.15) is 0 Å². The van der Waals surface area contributed by atoms with E-state index in [1.165, 1.54) is 218 Å². The largest absolute Gasteiger partial charge is 0.462 e. The SMILES string of the molecule is CC/C=C\C/C=C\C/C=C\C/C=C\C/C=C\C/C=C\CCCCCCCCCCCCCCCCCCC(=O)OCC(COC(=O)CCCCCCCCCCCCCCC)OC(=O)CCCCCCC/C=C\CCCCCCCCC. The van der Waals surface area contributed by atoms with Gasteiger partial charge in [0.15, 0.2) is 6.10 Å². The molecule has 0 bridgehead atoms. The molecule has 6 heteroatoms. The van der Waals surface area contributed by atoms with E-state index in [0.717, 1.165) is 103 Å². The summed E-state index contributed by atoms with van der Waals surface area (Å²) in [7, 11) is 0. The molecule has 1 atom stereocenters. The second-order valence-corrected chi connectivity index (χ2v) is 23.8. The molecule has 0 aliphatic carbocycles. The summed E-state index contributed by atoms with van der Waals surface area (Å²) < 4.78 is 17.0. The van der Waals surface area contributed by atoms with Gasteiger partial charge in [-0.25, -0.2) is 0 Å². The molecule has 82 heavy (non-hydrogen) atoms. The standard InChI is InChI=1S/C76H134O6/c1-4-7-10-13-16-19-22-25-27-29-30-31-32-33-34-35-36-37-38-39-40-41-42-43-44-45-46-47-49-51-54-57-60-63-66-69-75(78)81-72-73(71-80-74(77)68-65-62-59-56-53-50-24-21-18-15-12-9-6-3)82-76(79)70-67-64-61-58-55-52-48-28-26-23-20-17-14-11-8-5-2/h7,10,16,19,25,27-28,30-31,33-34,36-37,48,73H,4-6,8-9,11-15,17-18,20-24,26,29,32,35,38-47,49-72H2,1-3H3/b10-7-,19-16-,27-25-,31-30-,34-33-,37-36-,48-28-. The van der Waals surface area contributed by atoms with Gasteiger partial charge >= 0.3 is 17.9 Å². The van der Waals surface area contributed by atoms with E-state index in [1.54, 1.807) is 0 Å². The molecule has 1 unspecified atom stereocenters. The molecule has 0 rings (SSSR count). The number of rotatable bonds is 65. The molecule has 6 nitrogen and oxygen atoms in total. The summed E-state index contributed by atoms with van der Waals surface area (Å²) in [6, 6.07) is 0. The van der Waals surface area contributed by atoms with Crippen molar-refractivity contribution in [2.45, 2.75) is 367 Å². The molecule has 0 aromatic carbocycles. The molecule has 474 valence electrons. The summed E-state index contributed by atoms with van der Waals surface area (Å²) >= 11 is 0. The van der Waals surface area contributed by atoms with Gasteiger partial charge in [-0.3, -0.25) is 14.4 Å². The van der Waals surface area contributed by atoms with Crippen molar-refractivity contribution in [3.63, 3.8) is 0 Å². The lowest BCUT2D eigenvalue weighted by molar-refractivity contribution is -0.167. The Morgan fingerprint density at radius 3 is 0.756 bits per heavy atom. The summed E-state index contributed by atoms with van der Waals surface area (Å²) in [6.07, 6.45) is 93.3. The van der Waals surface area contributed by atoms with Crippen molar-refractivity contribution in [3.8, 4) is 0 Å². The van der Waals surface area contributed by atoms with E-state index in [1.807, 2.05) is 0 Å². The van der Waals surface area contributed by atoms with Crippen molar-refractivity contribution >= 4 is 17.9 Å². The Morgan fingerprint density at radius 2 is 0.476 bits per heavy atom. The van der Waals surface area contributed by atoms with Crippen LogP contribution in [-0.2, 0) is 28.6 Å². The van der Waals surface area contributed by atoms with Gasteiger partial charge in [0, 0.05) is 19.3 Å². The molecule has 0 fully saturated rings. The molecule has 0 aromatic heterocycles. The average molecular weight is 1140 g/mol. The molecule has 0 spiro atoms. The highest BCUT2D eigenvalue weighted by Gasteiger charge is 2.19. The monoisotopic (exact) mass is 1140 g/mol. The van der Waals surface area contributed by atoms with E-state index in [2.05, 4.69) is 106 Å². The van der Waals surface area contributed by atoms with Gasteiger partial charge in [0.1, 0.15) is 13.2 Å². The summed E-state index contributed by atoms with van der Waals surface area (Å²) in [5.74, 6) is -0.861. The minimum absolute atomic E-state index is 0.0733. The van der Waals surface area contributed by atoms with Crippen LogP contribution in [0.1, 0.15) is 361 Å². The fraction of sp³-hybridized carbons (Fsp3) is 0.776. The van der Waals surface area contributed by atoms with Gasteiger partial charge in [-0.15, -0.1) is 0 Å². The average Bonchev–Trinajstić information content (AvgIpc) is 3.47. The first-order chi connectivity index (χ1) is 40.5. The summed E-state index contributed by atoms with van der Waals surface area (Å²) in [6.45, 7) is 6.56. The van der Waals surface area contributed by atoms with Crippen LogP contribution in [0.2, 0.25) is 0 Å². The van der Waals surface area contributed by atoms with Crippen LogP contribution in [0.15, 0.2) is 85.1 Å². The smallest absolute Gasteiger partial charge is 0.306 e. The molecule has 0 heterocycles. The number of carbonyl (C=O) groups excluding carboxylic acids is 3. The quantitative estimate of drug-likeness (QED) is 0.0261. The van der Waals surface area contributed by atoms with E-state index in [0.29, 0.717) is 19.3 Å². The Morgan fingerprint density at radius 1 is 0.256 bits per heavy atom. The maximum absolute atomic E-state index is 12.9. The Labute approximate surface area is 509 Å². The minimum Gasteiger partial charge on any atom is -0.462 e. The lowest BCUT2D eigenvalue weighted by Crippen LogP contribution is -2.30. The van der Waals surface area contributed by atoms with Crippen molar-refractivity contribution in [2.24, 2.45) is 0 Å². The van der Waals surface area contributed by atoms with Crippen LogP contribution in [0, 0.1) is 0 Å². The van der Waals surface area contributed by atoms with Crippen molar-refractivity contribution in [1.29, 1.82) is 0 Å². The Bertz CT molecular complexity index is 1550. The second-order valence-electron chi connectivity index (χ2n) is 23.8. The van der Waals surface area contributed by atoms with E-state index >= 15 is 0 Å². The van der Waals surface area contributed by atoms with E-state index in [9.17, 15) is 14.4 Å². The Hall–Kier alpha value is -3.41. The molecule has 0 amide bonds. The van der Waals surface area contributed by atoms with Gasteiger partial charge in [0.05, 0.1) is 0 Å². The number of unbranched alkanes of at least 4 members (excludes halogenated alkanes) is 40. The number of carbonyl (C=O) groups is 3. The van der Waals surface area contributed by atoms with E-state index in [-0.39, 0.29) is 31.1 Å². The van der Waals surface area contributed by atoms with Crippen molar-refractivity contribution in [2.75, 3.05) is 13.2 Å². The highest BCUT2D eigenvalue weighted by molar-refractivity contribution is 5.71. The minimum atomic E-state index is -0.777. The molecule has 0 aliphatic rings. The zero-order valence-corrected chi connectivity index (χ0v) is 54.5. The van der Waals surface area contributed by atoms with Crippen LogP contribution in [0.3, 0.4) is 0 Å². The van der Waals surface area contributed by atoms with Crippen LogP contribution >= 0.6 is 0 Å². The van der Waals surface area contributed by atoms with Gasteiger partial charge < -0.3 is 14.2 Å². The first kappa shape index (κ1) is 78.6. The Kier molecular flexibility index (Phi) is 67.2.